The van der Waals surface area contributed by atoms with Crippen molar-refractivity contribution in [3.05, 3.63) is 29.8 Å². The standard InChI is InChI=1S/C14H20N2O2/c1-10-13(7-8-18-10)14(17)16(2)9-11-3-5-12(15)6-4-11/h3-6,10,13H,7-9,15H2,1-2H3. The predicted molar refractivity (Wildman–Crippen MR) is 70.8 cm³/mol. The van der Waals surface area contributed by atoms with E-state index in [-0.39, 0.29) is 17.9 Å². The Balaban J connectivity index is 1.97. The highest BCUT2D eigenvalue weighted by Crippen LogP contribution is 2.23. The highest BCUT2D eigenvalue weighted by Gasteiger charge is 2.32. The summed E-state index contributed by atoms with van der Waals surface area (Å²) in [7, 11) is 1.84. The van der Waals surface area contributed by atoms with Crippen LogP contribution in [0.5, 0.6) is 0 Å². The Bertz CT molecular complexity index is 416. The summed E-state index contributed by atoms with van der Waals surface area (Å²) in [4.78, 5) is 14.0. The zero-order valence-corrected chi connectivity index (χ0v) is 10.9. The van der Waals surface area contributed by atoms with Gasteiger partial charge in [0.25, 0.3) is 0 Å². The number of rotatable bonds is 3. The van der Waals surface area contributed by atoms with Crippen molar-refractivity contribution in [2.45, 2.75) is 26.0 Å². The van der Waals surface area contributed by atoms with Gasteiger partial charge in [0.05, 0.1) is 12.0 Å². The van der Waals surface area contributed by atoms with Crippen LogP contribution in [-0.2, 0) is 16.1 Å². The number of amides is 1. The van der Waals surface area contributed by atoms with Crippen molar-refractivity contribution >= 4 is 11.6 Å². The molecule has 0 radical (unpaired) electrons. The summed E-state index contributed by atoms with van der Waals surface area (Å²) in [6, 6.07) is 7.62. The van der Waals surface area contributed by atoms with E-state index in [0.29, 0.717) is 13.2 Å². The SMILES string of the molecule is CC1OCCC1C(=O)N(C)Cc1ccc(N)cc1. The van der Waals surface area contributed by atoms with E-state index in [4.69, 9.17) is 10.5 Å². The molecule has 0 saturated carbocycles. The Morgan fingerprint density at radius 3 is 2.67 bits per heavy atom. The van der Waals surface area contributed by atoms with Crippen molar-refractivity contribution in [3.63, 3.8) is 0 Å². The van der Waals surface area contributed by atoms with Crippen molar-refractivity contribution in [3.8, 4) is 0 Å². The van der Waals surface area contributed by atoms with Gasteiger partial charge in [0.1, 0.15) is 0 Å². The molecule has 98 valence electrons. The number of nitrogens with two attached hydrogens (primary N) is 1. The van der Waals surface area contributed by atoms with Crippen LogP contribution in [0.25, 0.3) is 0 Å². The summed E-state index contributed by atoms with van der Waals surface area (Å²) < 4.78 is 5.44. The smallest absolute Gasteiger partial charge is 0.228 e. The van der Waals surface area contributed by atoms with Gasteiger partial charge in [-0.15, -0.1) is 0 Å². The van der Waals surface area contributed by atoms with Crippen LogP contribution >= 0.6 is 0 Å². The first-order chi connectivity index (χ1) is 8.58. The van der Waals surface area contributed by atoms with Crippen LogP contribution in [0.3, 0.4) is 0 Å². The molecule has 0 aromatic heterocycles. The van der Waals surface area contributed by atoms with Crippen LogP contribution in [0, 0.1) is 5.92 Å². The molecule has 2 atom stereocenters. The minimum Gasteiger partial charge on any atom is -0.399 e. The lowest BCUT2D eigenvalue weighted by Gasteiger charge is -2.22. The van der Waals surface area contributed by atoms with Crippen LogP contribution in [-0.4, -0.2) is 30.6 Å². The van der Waals surface area contributed by atoms with E-state index >= 15 is 0 Å². The third-order valence-electron chi connectivity index (χ3n) is 3.47. The number of carbonyl (C=O) groups is 1. The summed E-state index contributed by atoms with van der Waals surface area (Å²) >= 11 is 0. The third kappa shape index (κ3) is 2.82. The van der Waals surface area contributed by atoms with E-state index in [0.717, 1.165) is 17.7 Å². The Morgan fingerprint density at radius 2 is 2.11 bits per heavy atom. The number of anilines is 1. The molecular weight excluding hydrogens is 228 g/mol. The quantitative estimate of drug-likeness (QED) is 0.828. The van der Waals surface area contributed by atoms with Crippen LogP contribution in [0.15, 0.2) is 24.3 Å². The van der Waals surface area contributed by atoms with E-state index in [1.807, 2.05) is 38.2 Å². The van der Waals surface area contributed by atoms with E-state index in [9.17, 15) is 4.79 Å². The van der Waals surface area contributed by atoms with E-state index < -0.39 is 0 Å². The van der Waals surface area contributed by atoms with E-state index in [1.165, 1.54) is 0 Å². The van der Waals surface area contributed by atoms with Gasteiger partial charge in [-0.2, -0.15) is 0 Å². The van der Waals surface area contributed by atoms with Gasteiger partial charge in [-0.25, -0.2) is 0 Å². The number of nitrogens with zero attached hydrogens (tertiary/aromatic N) is 1. The molecule has 4 heteroatoms. The number of benzene rings is 1. The summed E-state index contributed by atoms with van der Waals surface area (Å²) in [5.74, 6) is 0.167. The second kappa shape index (κ2) is 5.40. The largest absolute Gasteiger partial charge is 0.399 e. The first kappa shape index (κ1) is 12.9. The summed E-state index contributed by atoms with van der Waals surface area (Å²) in [5, 5.41) is 0. The molecule has 1 aromatic rings. The predicted octanol–water partition coefficient (Wildman–Crippen LogP) is 1.65. The van der Waals surface area contributed by atoms with Gasteiger partial charge in [-0.1, -0.05) is 12.1 Å². The fourth-order valence-corrected chi connectivity index (χ4v) is 2.31. The number of hydrogen-bond donors (Lipinski definition) is 1. The molecule has 18 heavy (non-hydrogen) atoms. The molecule has 1 aromatic carbocycles. The summed E-state index contributed by atoms with van der Waals surface area (Å²) in [6.07, 6.45) is 0.859. The Kier molecular flexibility index (Phi) is 3.87. The molecule has 2 unspecified atom stereocenters. The highest BCUT2D eigenvalue weighted by molar-refractivity contribution is 5.79. The molecule has 2 N–H and O–H groups in total. The zero-order chi connectivity index (χ0) is 13.1. The number of hydrogen-bond acceptors (Lipinski definition) is 3. The van der Waals surface area contributed by atoms with E-state index in [2.05, 4.69) is 0 Å². The Labute approximate surface area is 108 Å². The van der Waals surface area contributed by atoms with E-state index in [1.54, 1.807) is 4.90 Å². The average molecular weight is 248 g/mol. The topological polar surface area (TPSA) is 55.6 Å². The third-order valence-corrected chi connectivity index (χ3v) is 3.47. The van der Waals surface area contributed by atoms with Gasteiger partial charge in [0.2, 0.25) is 5.91 Å². The zero-order valence-electron chi connectivity index (χ0n) is 10.9. The normalized spacial score (nSPS) is 23.0. The van der Waals surface area contributed by atoms with Gasteiger partial charge in [-0.05, 0) is 31.0 Å². The second-order valence-electron chi connectivity index (χ2n) is 4.91. The van der Waals surface area contributed by atoms with Crippen molar-refractivity contribution < 1.29 is 9.53 Å². The molecule has 0 spiro atoms. The van der Waals surface area contributed by atoms with Crippen LogP contribution in [0.2, 0.25) is 0 Å². The van der Waals surface area contributed by atoms with Gasteiger partial charge in [-0.3, -0.25) is 4.79 Å². The highest BCUT2D eigenvalue weighted by atomic mass is 16.5. The molecule has 0 bridgehead atoms. The minimum absolute atomic E-state index is 0.00350. The van der Waals surface area contributed by atoms with Crippen LogP contribution < -0.4 is 5.73 Å². The molecule has 1 aliphatic rings. The minimum atomic E-state index is 0.00350. The number of ether oxygens (including phenoxy) is 1. The maximum absolute atomic E-state index is 12.2. The van der Waals surface area contributed by atoms with Gasteiger partial charge in [0.15, 0.2) is 0 Å². The maximum atomic E-state index is 12.2. The Morgan fingerprint density at radius 1 is 1.44 bits per heavy atom. The van der Waals surface area contributed by atoms with Crippen LogP contribution in [0.4, 0.5) is 5.69 Å². The lowest BCUT2D eigenvalue weighted by molar-refractivity contribution is -0.136. The molecule has 2 rings (SSSR count). The fraction of sp³-hybridized carbons (Fsp3) is 0.500. The van der Waals surface area contributed by atoms with Crippen molar-refractivity contribution in [1.29, 1.82) is 0 Å². The second-order valence-corrected chi connectivity index (χ2v) is 4.91. The molecule has 1 fully saturated rings. The monoisotopic (exact) mass is 248 g/mol. The van der Waals surface area contributed by atoms with Gasteiger partial charge >= 0.3 is 0 Å². The lowest BCUT2D eigenvalue weighted by Crippen LogP contribution is -2.35. The molecule has 1 aliphatic heterocycles. The summed E-state index contributed by atoms with van der Waals surface area (Å²) in [6.45, 7) is 3.27. The summed E-state index contributed by atoms with van der Waals surface area (Å²) in [5.41, 5.74) is 7.47. The van der Waals surface area contributed by atoms with Crippen molar-refractivity contribution in [2.75, 3.05) is 19.4 Å². The van der Waals surface area contributed by atoms with Gasteiger partial charge in [0, 0.05) is 25.9 Å². The first-order valence-corrected chi connectivity index (χ1v) is 6.29. The molecule has 1 heterocycles. The maximum Gasteiger partial charge on any atom is 0.228 e. The first-order valence-electron chi connectivity index (χ1n) is 6.29. The molecule has 1 saturated heterocycles. The van der Waals surface area contributed by atoms with Crippen molar-refractivity contribution in [1.82, 2.24) is 4.90 Å². The fourth-order valence-electron chi connectivity index (χ4n) is 2.31. The van der Waals surface area contributed by atoms with Crippen LogP contribution in [0.1, 0.15) is 18.9 Å². The molecule has 1 amide bonds. The molecule has 0 aliphatic carbocycles. The number of carbonyl (C=O) groups excluding carboxylic acids is 1. The molecule has 4 nitrogen and oxygen atoms in total. The molecular formula is C14H20N2O2. The lowest BCUT2D eigenvalue weighted by atomic mass is 10.0. The van der Waals surface area contributed by atoms with Crippen molar-refractivity contribution in [2.24, 2.45) is 5.92 Å². The Hall–Kier alpha value is -1.55. The van der Waals surface area contributed by atoms with Gasteiger partial charge < -0.3 is 15.4 Å². The average Bonchev–Trinajstić information content (AvgIpc) is 2.77. The number of nitrogen functional groups attached to an aromatic ring is 1.